The van der Waals surface area contributed by atoms with E-state index in [1.165, 1.54) is 0 Å². The minimum atomic E-state index is -0.382. The molecule has 1 amide bonds. The van der Waals surface area contributed by atoms with Gasteiger partial charge in [-0.3, -0.25) is 4.79 Å². The van der Waals surface area contributed by atoms with Crippen LogP contribution in [0.1, 0.15) is 20.8 Å². The molecule has 1 heterocycles. The Kier molecular flexibility index (Phi) is 3.45. The summed E-state index contributed by atoms with van der Waals surface area (Å²) in [5, 5.41) is 2.88. The highest BCUT2D eigenvalue weighted by Crippen LogP contribution is 2.30. The Morgan fingerprint density at radius 2 is 2.00 bits per heavy atom. The van der Waals surface area contributed by atoms with Gasteiger partial charge < -0.3 is 14.8 Å². The minimum Gasteiger partial charge on any atom is -0.486 e. The third-order valence-electron chi connectivity index (χ3n) is 2.74. The van der Waals surface area contributed by atoms with E-state index in [-0.39, 0.29) is 17.4 Å². The Bertz CT molecular complexity index is 437. The molecule has 1 aliphatic rings. The van der Waals surface area contributed by atoms with Crippen LogP contribution < -0.4 is 14.8 Å². The van der Waals surface area contributed by atoms with Crippen molar-refractivity contribution in [2.24, 2.45) is 5.41 Å². The van der Waals surface area contributed by atoms with Crippen molar-refractivity contribution in [3.63, 3.8) is 0 Å². The largest absolute Gasteiger partial charge is 0.486 e. The molecule has 1 aliphatic heterocycles. The van der Waals surface area contributed by atoms with Crippen LogP contribution in [0, 0.1) is 5.41 Å². The number of ether oxygens (including phenoxy) is 2. The molecule has 1 N–H and O–H groups in total. The highest BCUT2D eigenvalue weighted by atomic mass is 16.6. The molecular formula is C14H19NO3. The van der Waals surface area contributed by atoms with Gasteiger partial charge in [-0.1, -0.05) is 32.9 Å². The van der Waals surface area contributed by atoms with E-state index in [2.05, 4.69) is 5.32 Å². The molecule has 0 radical (unpaired) electrons. The molecule has 0 unspecified atom stereocenters. The summed E-state index contributed by atoms with van der Waals surface area (Å²) in [6.45, 7) is 6.58. The summed E-state index contributed by atoms with van der Waals surface area (Å²) in [7, 11) is 0. The average Bonchev–Trinajstić information content (AvgIpc) is 2.34. The molecule has 0 saturated carbocycles. The summed E-state index contributed by atoms with van der Waals surface area (Å²) >= 11 is 0. The van der Waals surface area contributed by atoms with E-state index < -0.39 is 0 Å². The van der Waals surface area contributed by atoms with Gasteiger partial charge >= 0.3 is 0 Å². The Labute approximate surface area is 107 Å². The van der Waals surface area contributed by atoms with Crippen molar-refractivity contribution in [2.45, 2.75) is 26.9 Å². The summed E-state index contributed by atoms with van der Waals surface area (Å²) in [4.78, 5) is 11.7. The topological polar surface area (TPSA) is 47.6 Å². The fourth-order valence-corrected chi connectivity index (χ4v) is 1.64. The number of benzene rings is 1. The summed E-state index contributed by atoms with van der Waals surface area (Å²) < 4.78 is 11.3. The Balaban J connectivity index is 1.89. The predicted molar refractivity (Wildman–Crippen MR) is 68.8 cm³/mol. The van der Waals surface area contributed by atoms with Gasteiger partial charge in [-0.2, -0.15) is 0 Å². The number of hydrogen-bond acceptors (Lipinski definition) is 3. The molecule has 1 aromatic rings. The van der Waals surface area contributed by atoms with Gasteiger partial charge in [0.1, 0.15) is 12.7 Å². The highest BCUT2D eigenvalue weighted by Gasteiger charge is 2.25. The number of fused-ring (bicyclic) bond motifs is 1. The number of para-hydroxylation sites is 2. The zero-order chi connectivity index (χ0) is 13.2. The summed E-state index contributed by atoms with van der Waals surface area (Å²) in [5.74, 6) is 1.51. The normalized spacial score (nSPS) is 18.3. The second-order valence-corrected chi connectivity index (χ2v) is 5.46. The maximum absolute atomic E-state index is 11.7. The van der Waals surface area contributed by atoms with Gasteiger partial charge in [-0.05, 0) is 12.1 Å². The molecule has 2 rings (SSSR count). The average molecular weight is 249 g/mol. The van der Waals surface area contributed by atoms with Crippen LogP contribution in [-0.2, 0) is 4.79 Å². The molecule has 1 atom stereocenters. The van der Waals surface area contributed by atoms with Crippen molar-refractivity contribution >= 4 is 5.91 Å². The van der Waals surface area contributed by atoms with E-state index >= 15 is 0 Å². The van der Waals surface area contributed by atoms with Crippen molar-refractivity contribution in [3.05, 3.63) is 24.3 Å². The maximum atomic E-state index is 11.7. The zero-order valence-electron chi connectivity index (χ0n) is 11.0. The lowest BCUT2D eigenvalue weighted by Crippen LogP contribution is -2.44. The van der Waals surface area contributed by atoms with Crippen LogP contribution in [0.25, 0.3) is 0 Å². The maximum Gasteiger partial charge on any atom is 0.225 e. The molecule has 0 aliphatic carbocycles. The molecule has 18 heavy (non-hydrogen) atoms. The summed E-state index contributed by atoms with van der Waals surface area (Å²) in [6, 6.07) is 7.55. The fraction of sp³-hybridized carbons (Fsp3) is 0.500. The van der Waals surface area contributed by atoms with Crippen LogP contribution in [0.4, 0.5) is 0 Å². The van der Waals surface area contributed by atoms with Crippen molar-refractivity contribution in [1.29, 1.82) is 0 Å². The molecule has 0 bridgehead atoms. The molecular weight excluding hydrogens is 230 g/mol. The van der Waals surface area contributed by atoms with E-state index in [1.807, 2.05) is 45.0 Å². The number of rotatable bonds is 2. The van der Waals surface area contributed by atoms with Crippen molar-refractivity contribution < 1.29 is 14.3 Å². The molecule has 0 saturated heterocycles. The van der Waals surface area contributed by atoms with Crippen LogP contribution in [-0.4, -0.2) is 25.2 Å². The Morgan fingerprint density at radius 1 is 1.33 bits per heavy atom. The van der Waals surface area contributed by atoms with Crippen molar-refractivity contribution in [1.82, 2.24) is 5.32 Å². The van der Waals surface area contributed by atoms with Gasteiger partial charge in [0, 0.05) is 5.41 Å². The third-order valence-corrected chi connectivity index (χ3v) is 2.74. The third kappa shape index (κ3) is 2.94. The lowest BCUT2D eigenvalue weighted by molar-refractivity contribution is -0.129. The standard InChI is InChI=1S/C14H19NO3/c1-14(2,3)13(16)15-8-10-9-17-11-6-4-5-7-12(11)18-10/h4-7,10H,8-9H2,1-3H3,(H,15,16)/t10-/m1/s1. The minimum absolute atomic E-state index is 0.0185. The SMILES string of the molecule is CC(C)(C)C(=O)NC[C@@H]1COc2ccccc2O1. The van der Waals surface area contributed by atoms with Gasteiger partial charge in [0.25, 0.3) is 0 Å². The summed E-state index contributed by atoms with van der Waals surface area (Å²) in [6.07, 6.45) is -0.133. The molecule has 0 fully saturated rings. The van der Waals surface area contributed by atoms with Gasteiger partial charge in [0.05, 0.1) is 6.54 Å². The number of hydrogen-bond donors (Lipinski definition) is 1. The first-order valence-corrected chi connectivity index (χ1v) is 6.13. The van der Waals surface area contributed by atoms with Gasteiger partial charge in [-0.25, -0.2) is 0 Å². The first kappa shape index (κ1) is 12.7. The zero-order valence-corrected chi connectivity index (χ0v) is 11.0. The molecule has 1 aromatic carbocycles. The molecule has 0 aromatic heterocycles. The van der Waals surface area contributed by atoms with Crippen molar-refractivity contribution in [3.8, 4) is 11.5 Å². The quantitative estimate of drug-likeness (QED) is 0.872. The van der Waals surface area contributed by atoms with Crippen molar-refractivity contribution in [2.75, 3.05) is 13.2 Å². The number of carbonyl (C=O) groups excluding carboxylic acids is 1. The molecule has 98 valence electrons. The van der Waals surface area contributed by atoms with Crippen LogP contribution in [0.2, 0.25) is 0 Å². The lowest BCUT2D eigenvalue weighted by Gasteiger charge is -2.27. The fourth-order valence-electron chi connectivity index (χ4n) is 1.64. The molecule has 0 spiro atoms. The number of nitrogens with one attached hydrogen (secondary N) is 1. The smallest absolute Gasteiger partial charge is 0.225 e. The highest BCUT2D eigenvalue weighted by molar-refractivity contribution is 5.81. The monoisotopic (exact) mass is 249 g/mol. The van der Waals surface area contributed by atoms with Crippen LogP contribution in [0.5, 0.6) is 11.5 Å². The number of carbonyl (C=O) groups is 1. The Morgan fingerprint density at radius 3 is 2.67 bits per heavy atom. The predicted octanol–water partition coefficient (Wildman–Crippen LogP) is 1.99. The summed E-state index contributed by atoms with van der Waals surface area (Å²) in [5.41, 5.74) is -0.382. The first-order chi connectivity index (χ1) is 8.47. The number of amides is 1. The van der Waals surface area contributed by atoms with Gasteiger partial charge in [0.15, 0.2) is 11.5 Å². The van der Waals surface area contributed by atoms with Gasteiger partial charge in [0.2, 0.25) is 5.91 Å². The van der Waals surface area contributed by atoms with E-state index in [1.54, 1.807) is 0 Å². The Hall–Kier alpha value is -1.71. The lowest BCUT2D eigenvalue weighted by atomic mass is 9.96. The van der Waals surface area contributed by atoms with E-state index in [0.717, 1.165) is 11.5 Å². The molecule has 4 nitrogen and oxygen atoms in total. The molecule has 4 heteroatoms. The first-order valence-electron chi connectivity index (χ1n) is 6.13. The van der Waals surface area contributed by atoms with Crippen LogP contribution in [0.15, 0.2) is 24.3 Å². The van der Waals surface area contributed by atoms with E-state index in [0.29, 0.717) is 13.2 Å². The van der Waals surface area contributed by atoms with E-state index in [4.69, 9.17) is 9.47 Å². The second-order valence-electron chi connectivity index (χ2n) is 5.46. The van der Waals surface area contributed by atoms with Gasteiger partial charge in [-0.15, -0.1) is 0 Å². The second kappa shape index (κ2) is 4.88. The van der Waals surface area contributed by atoms with E-state index in [9.17, 15) is 4.79 Å². The van der Waals surface area contributed by atoms with Crippen LogP contribution >= 0.6 is 0 Å². The van der Waals surface area contributed by atoms with Crippen LogP contribution in [0.3, 0.4) is 0 Å².